The van der Waals surface area contributed by atoms with Gasteiger partial charge in [0.05, 0.1) is 24.9 Å². The third-order valence-corrected chi connectivity index (χ3v) is 3.99. The van der Waals surface area contributed by atoms with E-state index in [4.69, 9.17) is 21.1 Å². The monoisotopic (exact) mass is 312 g/mol. The molecule has 0 saturated carbocycles. The second-order valence-electron chi connectivity index (χ2n) is 5.13. The lowest BCUT2D eigenvalue weighted by Crippen LogP contribution is -2.30. The summed E-state index contributed by atoms with van der Waals surface area (Å²) in [6, 6.07) is 3.32. The van der Waals surface area contributed by atoms with Crippen LogP contribution in [-0.4, -0.2) is 33.2 Å². The highest BCUT2D eigenvalue weighted by molar-refractivity contribution is 6.34. The van der Waals surface area contributed by atoms with Crippen LogP contribution in [0.15, 0.2) is 12.1 Å². The van der Waals surface area contributed by atoms with E-state index in [0.717, 1.165) is 25.9 Å². The second kappa shape index (κ2) is 7.52. The predicted molar refractivity (Wildman–Crippen MR) is 83.4 cm³/mol. The van der Waals surface area contributed by atoms with Crippen molar-refractivity contribution in [2.75, 3.05) is 32.6 Å². The Bertz CT molecular complexity index is 502. The Morgan fingerprint density at radius 3 is 2.52 bits per heavy atom. The van der Waals surface area contributed by atoms with Gasteiger partial charge in [-0.25, -0.2) is 0 Å². The van der Waals surface area contributed by atoms with Crippen LogP contribution in [0, 0.1) is 5.92 Å². The van der Waals surface area contributed by atoms with Gasteiger partial charge in [0, 0.05) is 18.6 Å². The van der Waals surface area contributed by atoms with E-state index in [1.807, 2.05) is 0 Å². The molecule has 1 fully saturated rings. The lowest BCUT2D eigenvalue weighted by molar-refractivity contribution is -0.117. The van der Waals surface area contributed by atoms with E-state index in [2.05, 4.69) is 10.6 Å². The Balaban J connectivity index is 2.02. The first-order valence-corrected chi connectivity index (χ1v) is 7.44. The van der Waals surface area contributed by atoms with Crippen LogP contribution in [0.2, 0.25) is 5.02 Å². The quantitative estimate of drug-likeness (QED) is 0.877. The molecule has 0 bridgehead atoms. The minimum atomic E-state index is -0.0176. The van der Waals surface area contributed by atoms with Crippen molar-refractivity contribution in [1.29, 1.82) is 0 Å². The van der Waals surface area contributed by atoms with Gasteiger partial charge in [-0.3, -0.25) is 4.79 Å². The van der Waals surface area contributed by atoms with Gasteiger partial charge in [-0.15, -0.1) is 0 Å². The number of nitrogens with one attached hydrogen (secondary N) is 2. The number of halogens is 1. The molecule has 0 aliphatic carbocycles. The molecule has 1 saturated heterocycles. The zero-order valence-electron chi connectivity index (χ0n) is 12.4. The Hall–Kier alpha value is -1.46. The molecule has 6 heteroatoms. The lowest BCUT2D eigenvalue weighted by atomic mass is 9.94. The molecule has 0 spiro atoms. The number of methoxy groups -OCH3 is 2. The van der Waals surface area contributed by atoms with Crippen molar-refractivity contribution < 1.29 is 14.3 Å². The average molecular weight is 313 g/mol. The van der Waals surface area contributed by atoms with Crippen molar-refractivity contribution in [3.63, 3.8) is 0 Å². The smallest absolute Gasteiger partial charge is 0.224 e. The molecule has 5 nitrogen and oxygen atoms in total. The first kappa shape index (κ1) is 15.9. The van der Waals surface area contributed by atoms with Gasteiger partial charge in [-0.1, -0.05) is 11.6 Å². The average Bonchev–Trinajstić information content (AvgIpc) is 2.49. The Kier molecular flexibility index (Phi) is 5.70. The van der Waals surface area contributed by atoms with Crippen molar-refractivity contribution in [2.24, 2.45) is 5.92 Å². The third-order valence-electron chi connectivity index (χ3n) is 3.68. The number of piperidine rings is 1. The van der Waals surface area contributed by atoms with Crippen molar-refractivity contribution in [3.8, 4) is 11.5 Å². The molecule has 1 aliphatic heterocycles. The minimum Gasteiger partial charge on any atom is -0.493 e. The molecular formula is C15H21ClN2O3. The van der Waals surface area contributed by atoms with Gasteiger partial charge in [0.1, 0.15) is 0 Å². The minimum absolute atomic E-state index is 0.0176. The van der Waals surface area contributed by atoms with Crippen LogP contribution in [-0.2, 0) is 4.79 Å². The Morgan fingerprint density at radius 1 is 1.29 bits per heavy atom. The number of carbonyl (C=O) groups excluding carboxylic acids is 1. The number of anilines is 1. The largest absolute Gasteiger partial charge is 0.493 e. The highest BCUT2D eigenvalue weighted by Crippen LogP contribution is 2.36. The van der Waals surface area contributed by atoms with Crippen LogP contribution in [0.5, 0.6) is 11.5 Å². The SMILES string of the molecule is COc1cc(Cl)c(NC(=O)CC2CCNCC2)cc1OC. The van der Waals surface area contributed by atoms with Gasteiger partial charge in [0.2, 0.25) is 5.91 Å². The summed E-state index contributed by atoms with van der Waals surface area (Å²) >= 11 is 6.16. The number of ether oxygens (including phenoxy) is 2. The summed E-state index contributed by atoms with van der Waals surface area (Å²) in [4.78, 5) is 12.1. The van der Waals surface area contributed by atoms with Crippen LogP contribution in [0.3, 0.4) is 0 Å². The van der Waals surface area contributed by atoms with Crippen molar-refractivity contribution in [3.05, 3.63) is 17.2 Å². The first-order valence-electron chi connectivity index (χ1n) is 7.06. The summed E-state index contributed by atoms with van der Waals surface area (Å²) in [6.07, 6.45) is 2.59. The van der Waals surface area contributed by atoms with E-state index in [9.17, 15) is 4.79 Å². The van der Waals surface area contributed by atoms with Crippen LogP contribution in [0.1, 0.15) is 19.3 Å². The normalized spacial score (nSPS) is 15.6. The molecule has 0 radical (unpaired) electrons. The van der Waals surface area contributed by atoms with Gasteiger partial charge in [0.15, 0.2) is 11.5 Å². The summed E-state index contributed by atoms with van der Waals surface area (Å²) in [7, 11) is 3.09. The maximum absolute atomic E-state index is 12.1. The number of amides is 1. The maximum Gasteiger partial charge on any atom is 0.224 e. The molecule has 0 unspecified atom stereocenters. The molecule has 21 heavy (non-hydrogen) atoms. The fourth-order valence-electron chi connectivity index (χ4n) is 2.50. The van der Waals surface area contributed by atoms with Gasteiger partial charge in [-0.05, 0) is 31.8 Å². The number of hydrogen-bond acceptors (Lipinski definition) is 4. The molecule has 116 valence electrons. The van der Waals surface area contributed by atoms with Crippen molar-refractivity contribution in [2.45, 2.75) is 19.3 Å². The summed E-state index contributed by atoms with van der Waals surface area (Å²) in [5, 5.41) is 6.58. The predicted octanol–water partition coefficient (Wildman–Crippen LogP) is 2.69. The van der Waals surface area contributed by atoms with Crippen molar-refractivity contribution >= 4 is 23.2 Å². The maximum atomic E-state index is 12.1. The van der Waals surface area contributed by atoms with Gasteiger partial charge in [-0.2, -0.15) is 0 Å². The molecular weight excluding hydrogens is 292 g/mol. The van der Waals surface area contributed by atoms with E-state index in [-0.39, 0.29) is 5.91 Å². The lowest BCUT2D eigenvalue weighted by Gasteiger charge is -2.22. The topological polar surface area (TPSA) is 59.6 Å². The van der Waals surface area contributed by atoms with Crippen LogP contribution >= 0.6 is 11.6 Å². The molecule has 2 rings (SSSR count). The molecule has 1 aromatic rings. The number of carbonyl (C=O) groups is 1. The van der Waals surface area contributed by atoms with E-state index >= 15 is 0 Å². The van der Waals surface area contributed by atoms with E-state index in [1.165, 1.54) is 0 Å². The fraction of sp³-hybridized carbons (Fsp3) is 0.533. The molecule has 1 aliphatic rings. The van der Waals surface area contributed by atoms with Crippen LogP contribution < -0.4 is 20.1 Å². The number of rotatable bonds is 5. The van der Waals surface area contributed by atoms with E-state index < -0.39 is 0 Å². The second-order valence-corrected chi connectivity index (χ2v) is 5.54. The van der Waals surface area contributed by atoms with E-state index in [1.54, 1.807) is 26.4 Å². The molecule has 2 N–H and O–H groups in total. The molecule has 1 amide bonds. The third kappa shape index (κ3) is 4.25. The van der Waals surface area contributed by atoms with Gasteiger partial charge in [0.25, 0.3) is 0 Å². The molecule has 1 heterocycles. The zero-order valence-corrected chi connectivity index (χ0v) is 13.1. The molecule has 1 aromatic carbocycles. The highest BCUT2D eigenvalue weighted by atomic mass is 35.5. The molecule has 0 aromatic heterocycles. The number of hydrogen-bond donors (Lipinski definition) is 2. The van der Waals surface area contributed by atoms with Gasteiger partial charge >= 0.3 is 0 Å². The fourth-order valence-corrected chi connectivity index (χ4v) is 2.70. The van der Waals surface area contributed by atoms with E-state index in [0.29, 0.717) is 34.5 Å². The summed E-state index contributed by atoms with van der Waals surface area (Å²) in [6.45, 7) is 1.96. The molecule has 0 atom stereocenters. The van der Waals surface area contributed by atoms with Crippen molar-refractivity contribution in [1.82, 2.24) is 5.32 Å². The summed E-state index contributed by atoms with van der Waals surface area (Å²) in [5.41, 5.74) is 0.549. The van der Waals surface area contributed by atoms with Crippen LogP contribution in [0.25, 0.3) is 0 Å². The summed E-state index contributed by atoms with van der Waals surface area (Å²) < 4.78 is 10.4. The number of benzene rings is 1. The Labute approximate surface area is 130 Å². The zero-order chi connectivity index (χ0) is 15.2. The van der Waals surface area contributed by atoms with Gasteiger partial charge < -0.3 is 20.1 Å². The highest BCUT2D eigenvalue weighted by Gasteiger charge is 2.18. The standard InChI is InChI=1S/C15H21ClN2O3/c1-20-13-8-11(16)12(9-14(13)21-2)18-15(19)7-10-3-5-17-6-4-10/h8-10,17H,3-7H2,1-2H3,(H,18,19). The first-order chi connectivity index (χ1) is 10.1. The summed E-state index contributed by atoms with van der Waals surface area (Å²) in [5.74, 6) is 1.50. The Morgan fingerprint density at radius 2 is 1.90 bits per heavy atom. The van der Waals surface area contributed by atoms with Crippen LogP contribution in [0.4, 0.5) is 5.69 Å².